The number of rotatable bonds is 0. The third-order valence-corrected chi connectivity index (χ3v) is 3.31. The summed E-state index contributed by atoms with van der Waals surface area (Å²) >= 11 is 0. The maximum atomic E-state index is 5.64. The maximum Gasteiger partial charge on any atom is 0.135 e. The minimum absolute atomic E-state index is 0.899. The fourth-order valence-corrected chi connectivity index (χ4v) is 2.51. The molecule has 0 saturated carbocycles. The van der Waals surface area contributed by atoms with Gasteiger partial charge in [-0.05, 0) is 12.1 Å². The van der Waals surface area contributed by atoms with Crippen molar-refractivity contribution in [3.05, 3.63) is 61.0 Å². The van der Waals surface area contributed by atoms with Crippen LogP contribution in [0.2, 0.25) is 0 Å². The second kappa shape index (κ2) is 3.50. The summed E-state index contributed by atoms with van der Waals surface area (Å²) in [5.74, 6) is 0.899. The van der Waals surface area contributed by atoms with Crippen molar-refractivity contribution in [2.45, 2.75) is 0 Å². The largest absolute Gasteiger partial charge is 0.463 e. The first-order chi connectivity index (χ1) is 8.93. The molecule has 0 unspecified atom stereocenters. The molecule has 0 N–H and O–H groups in total. The fourth-order valence-electron chi connectivity index (χ4n) is 2.51. The molecule has 86 valence electrons. The molecule has 1 aliphatic heterocycles. The minimum atomic E-state index is 0.899. The number of fused-ring (bicyclic) bond motifs is 5. The van der Waals surface area contributed by atoms with E-state index in [0.29, 0.717) is 0 Å². The van der Waals surface area contributed by atoms with Gasteiger partial charge in [-0.3, -0.25) is 0 Å². The summed E-state index contributed by atoms with van der Waals surface area (Å²) in [6.45, 7) is 0. The molecule has 0 radical (unpaired) electrons. The number of hydrogen-bond donors (Lipinski definition) is 0. The molecule has 0 saturated heterocycles. The number of ether oxygens (including phenoxy) is 1. The van der Waals surface area contributed by atoms with Crippen molar-refractivity contribution in [2.24, 2.45) is 0 Å². The van der Waals surface area contributed by atoms with E-state index >= 15 is 0 Å². The van der Waals surface area contributed by atoms with E-state index in [4.69, 9.17) is 4.74 Å². The minimum Gasteiger partial charge on any atom is -0.463 e. The molecular formula is C16H11NO. The van der Waals surface area contributed by atoms with Crippen LogP contribution in [-0.2, 0) is 0 Å². The van der Waals surface area contributed by atoms with Crippen LogP contribution >= 0.6 is 0 Å². The van der Waals surface area contributed by atoms with Crippen molar-refractivity contribution in [3.63, 3.8) is 0 Å². The average molecular weight is 233 g/mol. The van der Waals surface area contributed by atoms with Crippen molar-refractivity contribution >= 4 is 17.0 Å². The van der Waals surface area contributed by atoms with Gasteiger partial charge in [0.05, 0.1) is 5.69 Å². The van der Waals surface area contributed by atoms with Gasteiger partial charge in [0.2, 0.25) is 0 Å². The molecule has 2 heteroatoms. The first kappa shape index (κ1) is 9.54. The van der Waals surface area contributed by atoms with Crippen LogP contribution in [0.3, 0.4) is 0 Å². The highest BCUT2D eigenvalue weighted by Gasteiger charge is 2.15. The predicted octanol–water partition coefficient (Wildman–Crippen LogP) is 4.13. The van der Waals surface area contributed by atoms with Gasteiger partial charge in [0, 0.05) is 28.7 Å². The second-order valence-corrected chi connectivity index (χ2v) is 4.37. The Morgan fingerprint density at radius 2 is 1.72 bits per heavy atom. The zero-order valence-corrected chi connectivity index (χ0v) is 9.71. The van der Waals surface area contributed by atoms with Crippen LogP contribution in [0.25, 0.3) is 28.2 Å². The molecule has 18 heavy (non-hydrogen) atoms. The number of para-hydroxylation sites is 1. The highest BCUT2D eigenvalue weighted by Crippen LogP contribution is 2.37. The molecule has 1 aliphatic rings. The fraction of sp³-hybridized carbons (Fsp3) is 0. The lowest BCUT2D eigenvalue weighted by Crippen LogP contribution is -1.87. The number of benzene rings is 2. The van der Waals surface area contributed by atoms with E-state index in [1.54, 1.807) is 6.26 Å². The van der Waals surface area contributed by atoms with Crippen LogP contribution in [-0.4, -0.2) is 4.57 Å². The third kappa shape index (κ3) is 1.23. The molecule has 0 bridgehead atoms. The van der Waals surface area contributed by atoms with Gasteiger partial charge < -0.3 is 9.30 Å². The lowest BCUT2D eigenvalue weighted by Gasteiger charge is -2.06. The zero-order chi connectivity index (χ0) is 11.9. The van der Waals surface area contributed by atoms with E-state index in [1.807, 2.05) is 24.4 Å². The van der Waals surface area contributed by atoms with Gasteiger partial charge in [-0.2, -0.15) is 0 Å². The van der Waals surface area contributed by atoms with Crippen molar-refractivity contribution in [2.75, 3.05) is 0 Å². The van der Waals surface area contributed by atoms with Gasteiger partial charge in [0.1, 0.15) is 12.0 Å². The lowest BCUT2D eigenvalue weighted by atomic mass is 10.1. The summed E-state index contributed by atoms with van der Waals surface area (Å²) in [6, 6.07) is 16.5. The maximum absolute atomic E-state index is 5.64. The normalized spacial score (nSPS) is 12.7. The van der Waals surface area contributed by atoms with Gasteiger partial charge in [-0.15, -0.1) is 0 Å². The standard InChI is InChI=1S/C16H11NO/c1-2-6-13-12(5-1)11-17-9-10-18-15-8-4-3-7-14(15)16(13)17/h1-11H. The Hall–Kier alpha value is -2.48. The Morgan fingerprint density at radius 1 is 0.889 bits per heavy atom. The highest BCUT2D eigenvalue weighted by molar-refractivity contribution is 5.98. The summed E-state index contributed by atoms with van der Waals surface area (Å²) in [7, 11) is 0. The molecule has 0 spiro atoms. The molecule has 4 rings (SSSR count). The smallest absolute Gasteiger partial charge is 0.135 e. The van der Waals surface area contributed by atoms with Crippen LogP contribution < -0.4 is 4.74 Å². The molecule has 2 aromatic carbocycles. The third-order valence-electron chi connectivity index (χ3n) is 3.31. The molecule has 0 fully saturated rings. The van der Waals surface area contributed by atoms with E-state index in [-0.39, 0.29) is 0 Å². The van der Waals surface area contributed by atoms with Gasteiger partial charge in [-0.25, -0.2) is 0 Å². The van der Waals surface area contributed by atoms with Crippen molar-refractivity contribution in [3.8, 4) is 17.0 Å². The second-order valence-electron chi connectivity index (χ2n) is 4.37. The zero-order valence-electron chi connectivity index (χ0n) is 9.71. The van der Waals surface area contributed by atoms with Crippen LogP contribution in [0.1, 0.15) is 0 Å². The Bertz CT molecular complexity index is 768. The quantitative estimate of drug-likeness (QED) is 0.569. The van der Waals surface area contributed by atoms with Gasteiger partial charge in [-0.1, -0.05) is 36.4 Å². The monoisotopic (exact) mass is 233 g/mol. The molecule has 0 aliphatic carbocycles. The molecule has 2 heterocycles. The molecule has 0 atom stereocenters. The van der Waals surface area contributed by atoms with Crippen LogP contribution in [0.15, 0.2) is 61.0 Å². The predicted molar refractivity (Wildman–Crippen MR) is 73.3 cm³/mol. The summed E-state index contributed by atoms with van der Waals surface area (Å²) in [4.78, 5) is 0. The summed E-state index contributed by atoms with van der Waals surface area (Å²) in [5.41, 5.74) is 2.32. The summed E-state index contributed by atoms with van der Waals surface area (Å²) < 4.78 is 7.76. The molecule has 0 amide bonds. The van der Waals surface area contributed by atoms with Gasteiger partial charge >= 0.3 is 0 Å². The molecule has 2 nitrogen and oxygen atoms in total. The van der Waals surface area contributed by atoms with Gasteiger partial charge in [0.15, 0.2) is 0 Å². The lowest BCUT2D eigenvalue weighted by molar-refractivity contribution is 0.487. The number of hydrogen-bond acceptors (Lipinski definition) is 1. The summed E-state index contributed by atoms with van der Waals surface area (Å²) in [5, 5.41) is 2.49. The van der Waals surface area contributed by atoms with Gasteiger partial charge in [0.25, 0.3) is 0 Å². The molecule has 3 aromatic rings. The highest BCUT2D eigenvalue weighted by atomic mass is 16.5. The van der Waals surface area contributed by atoms with Crippen LogP contribution in [0.5, 0.6) is 5.75 Å². The van der Waals surface area contributed by atoms with E-state index in [0.717, 1.165) is 11.3 Å². The Balaban J connectivity index is 2.17. The van der Waals surface area contributed by atoms with Crippen LogP contribution in [0.4, 0.5) is 0 Å². The first-order valence-electron chi connectivity index (χ1n) is 5.96. The van der Waals surface area contributed by atoms with E-state index in [9.17, 15) is 0 Å². The van der Waals surface area contributed by atoms with Crippen molar-refractivity contribution in [1.82, 2.24) is 4.57 Å². The van der Waals surface area contributed by atoms with E-state index < -0.39 is 0 Å². The number of aromatic nitrogens is 1. The Morgan fingerprint density at radius 3 is 2.72 bits per heavy atom. The van der Waals surface area contributed by atoms with E-state index in [2.05, 4.69) is 41.1 Å². The van der Waals surface area contributed by atoms with Crippen molar-refractivity contribution in [1.29, 1.82) is 0 Å². The Labute approximate surface area is 105 Å². The first-order valence-corrected chi connectivity index (χ1v) is 5.96. The van der Waals surface area contributed by atoms with E-state index in [1.165, 1.54) is 16.5 Å². The average Bonchev–Trinajstić information content (AvgIpc) is 2.68. The SMILES string of the molecule is C1=Cn2cc3ccccc3c2-c2ccccc2O1. The van der Waals surface area contributed by atoms with Crippen molar-refractivity contribution < 1.29 is 4.74 Å². The van der Waals surface area contributed by atoms with Crippen LogP contribution in [0, 0.1) is 0 Å². The topological polar surface area (TPSA) is 14.2 Å². The number of nitrogens with zero attached hydrogens (tertiary/aromatic N) is 1. The molecular weight excluding hydrogens is 222 g/mol. The molecule has 1 aromatic heterocycles. The summed E-state index contributed by atoms with van der Waals surface area (Å²) in [6.07, 6.45) is 5.82. The Kier molecular flexibility index (Phi) is 1.86.